The highest BCUT2D eigenvalue weighted by atomic mass is 19.1. The quantitative estimate of drug-likeness (QED) is 0.371. The summed E-state index contributed by atoms with van der Waals surface area (Å²) in [5.41, 5.74) is -0.108. The van der Waals surface area contributed by atoms with Gasteiger partial charge in [-0.05, 0) is 30.3 Å². The molecule has 0 bridgehead atoms. The smallest absolute Gasteiger partial charge is 0.293 e. The number of anilines is 2. The second-order valence-corrected chi connectivity index (χ2v) is 5.78. The zero-order valence-corrected chi connectivity index (χ0v) is 14.3. The molecule has 0 saturated heterocycles. The molecule has 0 atom stereocenters. The van der Waals surface area contributed by atoms with Crippen LogP contribution in [0.5, 0.6) is 0 Å². The Labute approximate surface area is 152 Å². The van der Waals surface area contributed by atoms with E-state index in [2.05, 4.69) is 5.32 Å². The summed E-state index contributed by atoms with van der Waals surface area (Å²) in [6, 6.07) is 7.28. The van der Waals surface area contributed by atoms with Crippen LogP contribution >= 0.6 is 0 Å². The van der Waals surface area contributed by atoms with Gasteiger partial charge in [0.15, 0.2) is 0 Å². The summed E-state index contributed by atoms with van der Waals surface area (Å²) in [6.07, 6.45) is 0. The number of halogens is 1. The van der Waals surface area contributed by atoms with Crippen molar-refractivity contribution >= 4 is 40.2 Å². The topological polar surface area (TPSA) is 113 Å². The molecular weight excluding hydrogens is 357 g/mol. The highest BCUT2D eigenvalue weighted by Gasteiger charge is 2.38. The number of nitrogens with one attached hydrogen (secondary N) is 1. The van der Waals surface area contributed by atoms with Crippen molar-refractivity contribution in [3.05, 3.63) is 63.5 Å². The van der Waals surface area contributed by atoms with Gasteiger partial charge in [0.2, 0.25) is 5.91 Å². The van der Waals surface area contributed by atoms with Crippen LogP contribution in [-0.2, 0) is 9.59 Å². The molecule has 9 heteroatoms. The number of hydrogen-bond donors (Lipinski definition) is 2. The second kappa shape index (κ2) is 6.52. The average molecular weight is 371 g/mol. The summed E-state index contributed by atoms with van der Waals surface area (Å²) >= 11 is 0. The van der Waals surface area contributed by atoms with Crippen LogP contribution in [0.1, 0.15) is 18.1 Å². The van der Waals surface area contributed by atoms with Crippen LogP contribution < -0.4 is 10.2 Å². The van der Waals surface area contributed by atoms with Crippen LogP contribution in [0.4, 0.5) is 21.5 Å². The normalized spacial score (nSPS) is 14.8. The lowest BCUT2D eigenvalue weighted by atomic mass is 10.0. The van der Waals surface area contributed by atoms with Gasteiger partial charge in [-0.1, -0.05) is 0 Å². The number of imide groups is 1. The van der Waals surface area contributed by atoms with Gasteiger partial charge in [-0.2, -0.15) is 0 Å². The molecule has 138 valence electrons. The number of aliphatic hydroxyl groups is 1. The molecule has 27 heavy (non-hydrogen) atoms. The lowest BCUT2D eigenvalue weighted by Gasteiger charge is -2.12. The van der Waals surface area contributed by atoms with Crippen LogP contribution in [0, 0.1) is 15.9 Å². The highest BCUT2D eigenvalue weighted by Crippen LogP contribution is 2.41. The van der Waals surface area contributed by atoms with Crippen LogP contribution in [0.3, 0.4) is 0 Å². The van der Waals surface area contributed by atoms with E-state index in [0.29, 0.717) is 0 Å². The predicted molar refractivity (Wildman–Crippen MR) is 96.7 cm³/mol. The Bertz CT molecular complexity index is 1030. The summed E-state index contributed by atoms with van der Waals surface area (Å²) < 4.78 is 13.6. The zero-order chi connectivity index (χ0) is 19.9. The van der Waals surface area contributed by atoms with E-state index in [9.17, 15) is 29.2 Å². The van der Waals surface area contributed by atoms with E-state index in [1.165, 1.54) is 25.2 Å². The van der Waals surface area contributed by atoms with Crippen LogP contribution in [0.15, 0.2) is 36.4 Å². The number of aliphatic hydroxyl groups excluding tert-OH is 1. The molecule has 0 radical (unpaired) electrons. The van der Waals surface area contributed by atoms with E-state index >= 15 is 0 Å². The van der Waals surface area contributed by atoms with E-state index in [-0.39, 0.29) is 33.8 Å². The van der Waals surface area contributed by atoms with Gasteiger partial charge in [-0.25, -0.2) is 9.29 Å². The molecule has 1 aliphatic rings. The molecule has 0 unspecified atom stereocenters. The molecule has 0 fully saturated rings. The predicted octanol–water partition coefficient (Wildman–Crippen LogP) is 3.10. The molecule has 0 spiro atoms. The fourth-order valence-electron chi connectivity index (χ4n) is 2.96. The molecule has 0 aliphatic carbocycles. The van der Waals surface area contributed by atoms with Crippen molar-refractivity contribution in [2.45, 2.75) is 6.92 Å². The van der Waals surface area contributed by atoms with Gasteiger partial charge in [-0.15, -0.1) is 0 Å². The first-order chi connectivity index (χ1) is 12.8. The number of amides is 2. The maximum atomic E-state index is 13.6. The van der Waals surface area contributed by atoms with Gasteiger partial charge >= 0.3 is 0 Å². The largest absolute Gasteiger partial charge is 0.506 e. The van der Waals surface area contributed by atoms with Crippen molar-refractivity contribution in [1.82, 2.24) is 0 Å². The second-order valence-electron chi connectivity index (χ2n) is 5.78. The van der Waals surface area contributed by atoms with Crippen LogP contribution in [0.25, 0.3) is 11.3 Å². The lowest BCUT2D eigenvalue weighted by molar-refractivity contribution is -0.384. The average Bonchev–Trinajstić information content (AvgIpc) is 2.91. The van der Waals surface area contributed by atoms with Gasteiger partial charge in [0.25, 0.3) is 11.6 Å². The summed E-state index contributed by atoms with van der Waals surface area (Å²) in [4.78, 5) is 35.9. The van der Waals surface area contributed by atoms with Crippen molar-refractivity contribution in [3.63, 3.8) is 0 Å². The first kappa shape index (κ1) is 18.1. The van der Waals surface area contributed by atoms with E-state index in [0.717, 1.165) is 30.0 Å². The number of rotatable bonds is 3. The third kappa shape index (κ3) is 2.88. The van der Waals surface area contributed by atoms with E-state index < -0.39 is 28.3 Å². The van der Waals surface area contributed by atoms with Gasteiger partial charge < -0.3 is 10.4 Å². The molecule has 2 N–H and O–H groups in total. The Hall–Kier alpha value is -3.75. The molecule has 0 aromatic heterocycles. The molecular formula is C18H14FN3O5. The fraction of sp³-hybridized carbons (Fsp3) is 0.111. The number of carbonyl (C=O) groups is 2. The number of nitro groups is 1. The Morgan fingerprint density at radius 3 is 2.56 bits per heavy atom. The minimum Gasteiger partial charge on any atom is -0.506 e. The molecule has 1 heterocycles. The van der Waals surface area contributed by atoms with Gasteiger partial charge in [-0.3, -0.25) is 19.7 Å². The number of benzene rings is 2. The third-order valence-corrected chi connectivity index (χ3v) is 4.18. The number of nitrogens with zero attached hydrogens (tertiary/aromatic N) is 2. The molecule has 8 nitrogen and oxygen atoms in total. The molecule has 1 aliphatic heterocycles. The SMILES string of the molecule is CNc1ccc(C(O)=C2C(=O)N(C(C)=O)c3cc(F)ccc32)cc1[N+](=O)[O-]. The lowest BCUT2D eigenvalue weighted by Crippen LogP contribution is -2.31. The van der Waals surface area contributed by atoms with Crippen molar-refractivity contribution in [3.8, 4) is 0 Å². The third-order valence-electron chi connectivity index (χ3n) is 4.18. The van der Waals surface area contributed by atoms with Gasteiger partial charge in [0.1, 0.15) is 17.3 Å². The number of hydrogen-bond acceptors (Lipinski definition) is 6. The highest BCUT2D eigenvalue weighted by molar-refractivity contribution is 6.42. The summed E-state index contributed by atoms with van der Waals surface area (Å²) in [5, 5.41) is 24.5. The molecule has 0 saturated carbocycles. The van der Waals surface area contributed by atoms with Crippen LogP contribution in [-0.4, -0.2) is 28.9 Å². The number of fused-ring (bicyclic) bond motifs is 1. The molecule has 2 amide bonds. The Kier molecular flexibility index (Phi) is 4.36. The van der Waals surface area contributed by atoms with Gasteiger partial charge in [0, 0.05) is 31.2 Å². The summed E-state index contributed by atoms with van der Waals surface area (Å²) in [7, 11) is 1.51. The Morgan fingerprint density at radius 2 is 1.96 bits per heavy atom. The minimum atomic E-state index is -0.832. The van der Waals surface area contributed by atoms with Crippen molar-refractivity contribution < 1.29 is 24.0 Å². The maximum Gasteiger partial charge on any atom is 0.293 e. The Balaban J connectivity index is 2.24. The van der Waals surface area contributed by atoms with Crippen molar-refractivity contribution in [2.75, 3.05) is 17.3 Å². The van der Waals surface area contributed by atoms with E-state index in [1.807, 2.05) is 0 Å². The van der Waals surface area contributed by atoms with Crippen LogP contribution in [0.2, 0.25) is 0 Å². The zero-order valence-electron chi connectivity index (χ0n) is 14.3. The molecule has 3 rings (SSSR count). The monoisotopic (exact) mass is 371 g/mol. The first-order valence-electron chi connectivity index (χ1n) is 7.81. The summed E-state index contributed by atoms with van der Waals surface area (Å²) in [5.74, 6) is -2.67. The molecule has 2 aromatic carbocycles. The van der Waals surface area contributed by atoms with Crippen molar-refractivity contribution in [1.29, 1.82) is 0 Å². The number of nitro benzene ring substituents is 1. The van der Waals surface area contributed by atoms with Gasteiger partial charge in [0.05, 0.1) is 16.2 Å². The van der Waals surface area contributed by atoms with E-state index in [4.69, 9.17) is 0 Å². The maximum absolute atomic E-state index is 13.6. The summed E-state index contributed by atoms with van der Waals surface area (Å²) in [6.45, 7) is 1.14. The number of carbonyl (C=O) groups excluding carboxylic acids is 2. The van der Waals surface area contributed by atoms with Crippen molar-refractivity contribution in [2.24, 2.45) is 0 Å². The Morgan fingerprint density at radius 1 is 1.26 bits per heavy atom. The standard InChI is InChI=1S/C18H14FN3O5/c1-9(23)21-14-8-11(19)4-5-12(14)16(18(21)25)17(24)10-3-6-13(20-2)15(7-10)22(26)27/h3-8,20,24H,1-2H3. The fourth-order valence-corrected chi connectivity index (χ4v) is 2.96. The minimum absolute atomic E-state index is 0.00962. The van der Waals surface area contributed by atoms with E-state index in [1.54, 1.807) is 0 Å². The molecule has 2 aromatic rings. The first-order valence-corrected chi connectivity index (χ1v) is 7.81.